The van der Waals surface area contributed by atoms with E-state index in [9.17, 15) is 4.79 Å². The fourth-order valence-electron chi connectivity index (χ4n) is 1.47. The third-order valence-electron chi connectivity index (χ3n) is 2.34. The average molecular weight is 242 g/mol. The van der Waals surface area contributed by atoms with Gasteiger partial charge in [-0.3, -0.25) is 4.79 Å². The lowest BCUT2D eigenvalue weighted by molar-refractivity contribution is -0.137. The number of carbonyl (C=O) groups is 1. The molecule has 1 aromatic carbocycles. The highest BCUT2D eigenvalue weighted by molar-refractivity contribution is 6.33. The Bertz CT molecular complexity index is 346. The zero-order valence-electron chi connectivity index (χ0n) is 9.29. The summed E-state index contributed by atoms with van der Waals surface area (Å²) in [7, 11) is 0. The Morgan fingerprint density at radius 3 is 2.81 bits per heavy atom. The molecule has 0 radical (unpaired) electrons. The van der Waals surface area contributed by atoms with Gasteiger partial charge in [0.1, 0.15) is 0 Å². The summed E-state index contributed by atoms with van der Waals surface area (Å²) in [5.41, 5.74) is 2.05. The summed E-state index contributed by atoms with van der Waals surface area (Å²) in [5, 5.41) is 12.4. The molecular formula is C12H16ClNO2. The predicted molar refractivity (Wildman–Crippen MR) is 66.2 cm³/mol. The molecule has 0 aliphatic carbocycles. The third-order valence-corrected chi connectivity index (χ3v) is 2.66. The zero-order chi connectivity index (χ0) is 12.0. The van der Waals surface area contributed by atoms with Gasteiger partial charge in [-0.2, -0.15) is 0 Å². The van der Waals surface area contributed by atoms with E-state index in [4.69, 9.17) is 16.7 Å². The summed E-state index contributed by atoms with van der Waals surface area (Å²) >= 11 is 6.04. The van der Waals surface area contributed by atoms with Gasteiger partial charge in [-0.15, -0.1) is 0 Å². The first kappa shape index (κ1) is 12.8. The number of unbranched alkanes of at least 4 members (excludes halogenated alkanes) is 1. The van der Waals surface area contributed by atoms with Crippen LogP contribution in [0, 0.1) is 6.92 Å². The molecule has 16 heavy (non-hydrogen) atoms. The number of anilines is 1. The molecule has 0 aliphatic rings. The Labute approximate surface area is 100 Å². The Morgan fingerprint density at radius 1 is 1.44 bits per heavy atom. The number of aryl methyl sites for hydroxylation is 1. The van der Waals surface area contributed by atoms with Crippen molar-refractivity contribution < 1.29 is 9.90 Å². The van der Waals surface area contributed by atoms with Gasteiger partial charge >= 0.3 is 5.97 Å². The number of hydrogen-bond donors (Lipinski definition) is 2. The van der Waals surface area contributed by atoms with E-state index in [1.165, 1.54) is 0 Å². The van der Waals surface area contributed by atoms with Crippen molar-refractivity contribution in [3.63, 3.8) is 0 Å². The first-order valence-electron chi connectivity index (χ1n) is 5.32. The van der Waals surface area contributed by atoms with E-state index in [1.54, 1.807) is 0 Å². The second-order valence-corrected chi connectivity index (χ2v) is 4.12. The fourth-order valence-corrected chi connectivity index (χ4v) is 1.76. The lowest BCUT2D eigenvalue weighted by atomic mass is 10.2. The van der Waals surface area contributed by atoms with Crippen LogP contribution in [-0.2, 0) is 4.79 Å². The molecule has 0 heterocycles. The maximum atomic E-state index is 10.3. The molecule has 0 unspecified atom stereocenters. The molecule has 88 valence electrons. The van der Waals surface area contributed by atoms with Crippen LogP contribution in [0.15, 0.2) is 18.2 Å². The minimum atomic E-state index is -0.742. The number of para-hydroxylation sites is 1. The molecule has 0 amide bonds. The largest absolute Gasteiger partial charge is 0.481 e. The summed E-state index contributed by atoms with van der Waals surface area (Å²) < 4.78 is 0. The van der Waals surface area contributed by atoms with Gasteiger partial charge in [-0.05, 0) is 31.4 Å². The molecule has 4 heteroatoms. The number of hydrogen-bond acceptors (Lipinski definition) is 2. The van der Waals surface area contributed by atoms with E-state index in [0.29, 0.717) is 11.4 Å². The maximum absolute atomic E-state index is 10.3. The van der Waals surface area contributed by atoms with Crippen LogP contribution in [0.1, 0.15) is 24.8 Å². The summed E-state index contributed by atoms with van der Waals surface area (Å²) in [6.45, 7) is 2.74. The lowest BCUT2D eigenvalue weighted by Crippen LogP contribution is -2.04. The molecule has 0 bridgehead atoms. The number of halogens is 1. The molecule has 0 aliphatic heterocycles. The van der Waals surface area contributed by atoms with Crippen molar-refractivity contribution in [2.75, 3.05) is 11.9 Å². The standard InChI is InChI=1S/C12H16ClNO2/c1-9-5-4-6-10(13)12(9)14-8-3-2-7-11(15)16/h4-6,14H,2-3,7-8H2,1H3,(H,15,16). The van der Waals surface area contributed by atoms with E-state index in [1.807, 2.05) is 25.1 Å². The van der Waals surface area contributed by atoms with E-state index >= 15 is 0 Å². The highest BCUT2D eigenvalue weighted by atomic mass is 35.5. The monoisotopic (exact) mass is 241 g/mol. The van der Waals surface area contributed by atoms with E-state index < -0.39 is 5.97 Å². The van der Waals surface area contributed by atoms with E-state index in [2.05, 4.69) is 5.32 Å². The van der Waals surface area contributed by atoms with Gasteiger partial charge in [-0.25, -0.2) is 0 Å². The first-order valence-corrected chi connectivity index (χ1v) is 5.70. The number of aliphatic carboxylic acids is 1. The summed E-state index contributed by atoms with van der Waals surface area (Å²) in [4.78, 5) is 10.3. The van der Waals surface area contributed by atoms with Gasteiger partial charge in [0.2, 0.25) is 0 Å². The SMILES string of the molecule is Cc1cccc(Cl)c1NCCCCC(=O)O. The van der Waals surface area contributed by atoms with Crippen molar-refractivity contribution in [3.8, 4) is 0 Å². The highest BCUT2D eigenvalue weighted by Crippen LogP contribution is 2.25. The van der Waals surface area contributed by atoms with Gasteiger partial charge in [-0.1, -0.05) is 23.7 Å². The van der Waals surface area contributed by atoms with Crippen molar-refractivity contribution in [2.45, 2.75) is 26.2 Å². The highest BCUT2D eigenvalue weighted by Gasteiger charge is 2.02. The molecule has 1 rings (SSSR count). The molecular weight excluding hydrogens is 226 g/mol. The van der Waals surface area contributed by atoms with Crippen molar-refractivity contribution in [2.24, 2.45) is 0 Å². The topological polar surface area (TPSA) is 49.3 Å². The minimum Gasteiger partial charge on any atom is -0.481 e. The normalized spacial score (nSPS) is 10.1. The third kappa shape index (κ3) is 4.11. The van der Waals surface area contributed by atoms with Gasteiger partial charge in [0.05, 0.1) is 10.7 Å². The van der Waals surface area contributed by atoms with E-state index in [-0.39, 0.29) is 6.42 Å². The Kier molecular flexibility index (Phi) is 5.12. The second-order valence-electron chi connectivity index (χ2n) is 3.71. The van der Waals surface area contributed by atoms with Crippen molar-refractivity contribution in [1.29, 1.82) is 0 Å². The fraction of sp³-hybridized carbons (Fsp3) is 0.417. The van der Waals surface area contributed by atoms with Gasteiger partial charge < -0.3 is 10.4 Å². The summed E-state index contributed by atoms with van der Waals surface area (Å²) in [6, 6.07) is 5.74. The summed E-state index contributed by atoms with van der Waals surface area (Å²) in [5.74, 6) is -0.742. The van der Waals surface area contributed by atoms with Crippen molar-refractivity contribution >= 4 is 23.3 Å². The molecule has 0 saturated carbocycles. The van der Waals surface area contributed by atoms with Crippen LogP contribution >= 0.6 is 11.6 Å². The molecule has 0 atom stereocenters. The molecule has 2 N–H and O–H groups in total. The van der Waals surface area contributed by atoms with Crippen molar-refractivity contribution in [1.82, 2.24) is 0 Å². The second kappa shape index (κ2) is 6.38. The van der Waals surface area contributed by atoms with Crippen LogP contribution in [0.2, 0.25) is 5.02 Å². The average Bonchev–Trinajstić information content (AvgIpc) is 2.21. The molecule has 0 aromatic heterocycles. The van der Waals surface area contributed by atoms with Crippen LogP contribution in [0.4, 0.5) is 5.69 Å². The van der Waals surface area contributed by atoms with Crippen LogP contribution in [-0.4, -0.2) is 17.6 Å². The van der Waals surface area contributed by atoms with Crippen molar-refractivity contribution in [3.05, 3.63) is 28.8 Å². The van der Waals surface area contributed by atoms with Gasteiger partial charge in [0.25, 0.3) is 0 Å². The molecule has 3 nitrogen and oxygen atoms in total. The number of carboxylic acid groups (broad SMARTS) is 1. The minimum absolute atomic E-state index is 0.225. The van der Waals surface area contributed by atoms with Crippen LogP contribution < -0.4 is 5.32 Å². The Morgan fingerprint density at radius 2 is 2.19 bits per heavy atom. The Balaban J connectivity index is 2.34. The summed E-state index contributed by atoms with van der Waals surface area (Å²) in [6.07, 6.45) is 1.74. The van der Waals surface area contributed by atoms with E-state index in [0.717, 1.165) is 24.2 Å². The Hall–Kier alpha value is -1.22. The quantitative estimate of drug-likeness (QED) is 0.752. The first-order chi connectivity index (χ1) is 7.61. The van der Waals surface area contributed by atoms with Gasteiger partial charge in [0, 0.05) is 13.0 Å². The molecule has 1 aromatic rings. The molecule has 0 spiro atoms. The van der Waals surface area contributed by atoms with Crippen LogP contribution in [0.25, 0.3) is 0 Å². The number of rotatable bonds is 6. The number of carboxylic acids is 1. The molecule has 0 fully saturated rings. The maximum Gasteiger partial charge on any atom is 0.303 e. The number of benzene rings is 1. The predicted octanol–water partition coefficient (Wildman–Crippen LogP) is 3.32. The van der Waals surface area contributed by atoms with Crippen LogP contribution in [0.3, 0.4) is 0 Å². The van der Waals surface area contributed by atoms with Gasteiger partial charge in [0.15, 0.2) is 0 Å². The van der Waals surface area contributed by atoms with Crippen LogP contribution in [0.5, 0.6) is 0 Å². The zero-order valence-corrected chi connectivity index (χ0v) is 10.0. The lowest BCUT2D eigenvalue weighted by Gasteiger charge is -2.10. The number of nitrogens with one attached hydrogen (secondary N) is 1. The smallest absolute Gasteiger partial charge is 0.303 e. The molecule has 0 saturated heterocycles.